The summed E-state index contributed by atoms with van der Waals surface area (Å²) < 4.78 is 32.9. The molecule has 8 heteroatoms. The van der Waals surface area contributed by atoms with Crippen LogP contribution in [0.5, 0.6) is 0 Å². The second-order valence-electron chi connectivity index (χ2n) is 4.74. The van der Waals surface area contributed by atoms with Crippen LogP contribution >= 0.6 is 10.7 Å². The minimum atomic E-state index is -3.90. The average molecular weight is 322 g/mol. The molecule has 1 aliphatic rings. The van der Waals surface area contributed by atoms with Gasteiger partial charge in [-0.1, -0.05) is 0 Å². The molecule has 1 saturated carbocycles. The zero-order chi connectivity index (χ0) is 14.8. The summed E-state index contributed by atoms with van der Waals surface area (Å²) >= 11 is 0. The lowest BCUT2D eigenvalue weighted by Crippen LogP contribution is -2.27. The SMILES string of the molecule is Cc1oc(C(=O)NCCOCC2CC2)cc1S(=O)(=O)Cl. The molecule has 0 radical (unpaired) electrons. The molecule has 1 aromatic rings. The topological polar surface area (TPSA) is 85.6 Å². The fourth-order valence-electron chi connectivity index (χ4n) is 1.68. The number of carbonyl (C=O) groups is 1. The Morgan fingerprint density at radius 3 is 2.80 bits per heavy atom. The molecule has 2 rings (SSSR count). The number of nitrogens with one attached hydrogen (secondary N) is 1. The van der Waals surface area contributed by atoms with E-state index in [2.05, 4.69) is 5.32 Å². The summed E-state index contributed by atoms with van der Waals surface area (Å²) in [7, 11) is 1.32. The molecule has 1 heterocycles. The van der Waals surface area contributed by atoms with Crippen LogP contribution in [0.4, 0.5) is 0 Å². The maximum Gasteiger partial charge on any atom is 0.287 e. The molecule has 0 atom stereocenters. The summed E-state index contributed by atoms with van der Waals surface area (Å²) in [6, 6.07) is 1.12. The Hall–Kier alpha value is -1.05. The van der Waals surface area contributed by atoms with Gasteiger partial charge in [-0.25, -0.2) is 8.42 Å². The van der Waals surface area contributed by atoms with Crippen molar-refractivity contribution >= 4 is 25.6 Å². The molecular formula is C12H16ClNO5S. The van der Waals surface area contributed by atoms with Gasteiger partial charge in [0.15, 0.2) is 5.76 Å². The molecule has 20 heavy (non-hydrogen) atoms. The number of amides is 1. The summed E-state index contributed by atoms with van der Waals surface area (Å²) in [5.41, 5.74) is 0. The Kier molecular flexibility index (Phi) is 4.72. The molecule has 0 bridgehead atoms. The van der Waals surface area contributed by atoms with Crippen molar-refractivity contribution in [3.63, 3.8) is 0 Å². The highest BCUT2D eigenvalue weighted by molar-refractivity contribution is 8.13. The molecule has 0 aromatic carbocycles. The van der Waals surface area contributed by atoms with E-state index in [1.165, 1.54) is 19.8 Å². The molecular weight excluding hydrogens is 306 g/mol. The molecule has 112 valence electrons. The van der Waals surface area contributed by atoms with E-state index in [4.69, 9.17) is 19.8 Å². The molecule has 1 amide bonds. The second kappa shape index (κ2) is 6.15. The number of ether oxygens (including phenoxy) is 1. The first-order chi connectivity index (χ1) is 9.38. The number of rotatable bonds is 7. The summed E-state index contributed by atoms with van der Waals surface area (Å²) in [4.78, 5) is 11.6. The standard InChI is InChI=1S/C12H16ClNO5S/c1-8-11(20(13,16)17)6-10(19-8)12(15)14-4-5-18-7-9-2-3-9/h6,9H,2-5,7H2,1H3,(H,14,15). The van der Waals surface area contributed by atoms with Gasteiger partial charge in [0.2, 0.25) is 0 Å². The van der Waals surface area contributed by atoms with Gasteiger partial charge in [0.25, 0.3) is 15.0 Å². The molecule has 1 N–H and O–H groups in total. The number of halogens is 1. The molecule has 0 unspecified atom stereocenters. The number of carbonyl (C=O) groups excluding carboxylic acids is 1. The van der Waals surface area contributed by atoms with Gasteiger partial charge in [-0.3, -0.25) is 4.79 Å². The predicted octanol–water partition coefficient (Wildman–Crippen LogP) is 1.67. The van der Waals surface area contributed by atoms with E-state index in [1.807, 2.05) is 0 Å². The van der Waals surface area contributed by atoms with E-state index >= 15 is 0 Å². The quantitative estimate of drug-likeness (QED) is 0.610. The molecule has 6 nitrogen and oxygen atoms in total. The molecule has 0 spiro atoms. The fraction of sp³-hybridized carbons (Fsp3) is 0.583. The third kappa shape index (κ3) is 4.22. The number of hydrogen-bond acceptors (Lipinski definition) is 5. The van der Waals surface area contributed by atoms with Crippen LogP contribution in [0, 0.1) is 12.8 Å². The maximum absolute atomic E-state index is 11.7. The summed E-state index contributed by atoms with van der Waals surface area (Å²) in [5.74, 6) is 0.198. The van der Waals surface area contributed by atoms with Gasteiger partial charge in [0.1, 0.15) is 10.7 Å². The van der Waals surface area contributed by atoms with Crippen molar-refractivity contribution in [3.8, 4) is 0 Å². The highest BCUT2D eigenvalue weighted by Gasteiger charge is 2.22. The van der Waals surface area contributed by atoms with Crippen molar-refractivity contribution in [3.05, 3.63) is 17.6 Å². The normalized spacial score (nSPS) is 15.3. The van der Waals surface area contributed by atoms with Crippen molar-refractivity contribution in [2.75, 3.05) is 19.8 Å². The zero-order valence-corrected chi connectivity index (χ0v) is 12.6. The number of hydrogen-bond donors (Lipinski definition) is 1. The molecule has 1 aliphatic carbocycles. The summed E-state index contributed by atoms with van der Waals surface area (Å²) in [6.07, 6.45) is 2.43. The zero-order valence-electron chi connectivity index (χ0n) is 11.0. The Morgan fingerprint density at radius 2 is 2.25 bits per heavy atom. The van der Waals surface area contributed by atoms with Crippen LogP contribution in [0.25, 0.3) is 0 Å². The monoisotopic (exact) mass is 321 g/mol. The van der Waals surface area contributed by atoms with Gasteiger partial charge in [0.05, 0.1) is 6.61 Å². The van der Waals surface area contributed by atoms with Crippen LogP contribution in [-0.2, 0) is 13.8 Å². The summed E-state index contributed by atoms with van der Waals surface area (Å²) in [6.45, 7) is 2.92. The lowest BCUT2D eigenvalue weighted by molar-refractivity contribution is 0.0880. The molecule has 0 aliphatic heterocycles. The van der Waals surface area contributed by atoms with Gasteiger partial charge in [-0.15, -0.1) is 0 Å². The van der Waals surface area contributed by atoms with Crippen molar-refractivity contribution in [2.24, 2.45) is 5.92 Å². The lowest BCUT2D eigenvalue weighted by Gasteiger charge is -2.04. The lowest BCUT2D eigenvalue weighted by atomic mass is 10.4. The number of aryl methyl sites for hydroxylation is 1. The Bertz CT molecular complexity index is 591. The van der Waals surface area contributed by atoms with Crippen molar-refractivity contribution in [2.45, 2.75) is 24.7 Å². The molecule has 0 saturated heterocycles. The fourth-order valence-corrected chi connectivity index (χ4v) is 2.77. The highest BCUT2D eigenvalue weighted by Crippen LogP contribution is 2.28. The van der Waals surface area contributed by atoms with E-state index in [0.29, 0.717) is 19.1 Å². The number of furan rings is 1. The summed E-state index contributed by atoms with van der Waals surface area (Å²) in [5, 5.41) is 2.59. The first kappa shape index (κ1) is 15.3. The first-order valence-electron chi connectivity index (χ1n) is 6.29. The van der Waals surface area contributed by atoms with Crippen LogP contribution in [0.15, 0.2) is 15.4 Å². The van der Waals surface area contributed by atoms with Crippen LogP contribution in [0.2, 0.25) is 0 Å². The average Bonchev–Trinajstić information content (AvgIpc) is 3.08. The second-order valence-corrected chi connectivity index (χ2v) is 7.28. The highest BCUT2D eigenvalue weighted by atomic mass is 35.7. The third-order valence-electron chi connectivity index (χ3n) is 2.94. The van der Waals surface area contributed by atoms with E-state index in [0.717, 1.165) is 12.7 Å². The van der Waals surface area contributed by atoms with Crippen molar-refractivity contribution < 1.29 is 22.4 Å². The first-order valence-corrected chi connectivity index (χ1v) is 8.60. The van der Waals surface area contributed by atoms with Gasteiger partial charge in [0, 0.05) is 29.9 Å². The van der Waals surface area contributed by atoms with Gasteiger partial charge >= 0.3 is 0 Å². The van der Waals surface area contributed by atoms with Crippen LogP contribution in [-0.4, -0.2) is 34.1 Å². The molecule has 1 fully saturated rings. The van der Waals surface area contributed by atoms with Crippen molar-refractivity contribution in [1.29, 1.82) is 0 Å². The van der Waals surface area contributed by atoms with Gasteiger partial charge in [-0.05, 0) is 25.7 Å². The Labute approximate surface area is 121 Å². The predicted molar refractivity (Wildman–Crippen MR) is 72.4 cm³/mol. The largest absolute Gasteiger partial charge is 0.455 e. The molecule has 1 aromatic heterocycles. The van der Waals surface area contributed by atoms with Gasteiger partial charge < -0.3 is 14.5 Å². The van der Waals surface area contributed by atoms with Crippen LogP contribution < -0.4 is 5.32 Å². The third-order valence-corrected chi connectivity index (χ3v) is 4.37. The van der Waals surface area contributed by atoms with E-state index < -0.39 is 15.0 Å². The van der Waals surface area contributed by atoms with Crippen LogP contribution in [0.1, 0.15) is 29.2 Å². The van der Waals surface area contributed by atoms with Crippen LogP contribution in [0.3, 0.4) is 0 Å². The maximum atomic E-state index is 11.7. The van der Waals surface area contributed by atoms with E-state index in [9.17, 15) is 13.2 Å². The smallest absolute Gasteiger partial charge is 0.287 e. The Balaban J connectivity index is 1.82. The van der Waals surface area contributed by atoms with Crippen molar-refractivity contribution in [1.82, 2.24) is 5.32 Å². The minimum Gasteiger partial charge on any atom is -0.455 e. The van der Waals surface area contributed by atoms with E-state index in [1.54, 1.807) is 0 Å². The van der Waals surface area contributed by atoms with E-state index in [-0.39, 0.29) is 16.4 Å². The minimum absolute atomic E-state index is 0.0797. The van der Waals surface area contributed by atoms with Gasteiger partial charge in [-0.2, -0.15) is 0 Å². The Morgan fingerprint density at radius 1 is 1.55 bits per heavy atom.